The minimum absolute atomic E-state index is 0.0579. The van der Waals surface area contributed by atoms with Gasteiger partial charge in [-0.3, -0.25) is 5.32 Å². The number of aliphatic hydroxyl groups excluding tert-OH is 1. The number of hydrogen-bond donors (Lipinski definition) is 2. The molecule has 0 spiro atoms. The third kappa shape index (κ3) is 3.09. The Morgan fingerprint density at radius 3 is 2.53 bits per heavy atom. The highest BCUT2D eigenvalue weighted by Crippen LogP contribution is 2.19. The lowest BCUT2D eigenvalue weighted by Gasteiger charge is -2.28. The molecule has 0 saturated carbocycles. The molecule has 0 heterocycles. The first-order chi connectivity index (χ1) is 7.23. The molecule has 1 unspecified atom stereocenters. The Bertz CT molecular complexity index is 350. The van der Waals surface area contributed by atoms with Gasteiger partial charge >= 0.3 is 0 Å². The summed E-state index contributed by atoms with van der Waals surface area (Å²) >= 11 is 0. The normalized spacial score (nSPS) is 13.8. The average molecular weight is 203 g/mol. The fourth-order valence-electron chi connectivity index (χ4n) is 1.38. The topological polar surface area (TPSA) is 32.3 Å². The minimum atomic E-state index is -0.412. The highest BCUT2D eigenvalue weighted by atomic mass is 16.3. The highest BCUT2D eigenvalue weighted by molar-refractivity contribution is 5.24. The van der Waals surface area contributed by atoms with Gasteiger partial charge in [-0.15, -0.1) is 5.92 Å². The SMILES string of the molecule is CC#CCNC(C)(CO)c1ccccc1. The van der Waals surface area contributed by atoms with Crippen molar-refractivity contribution in [1.82, 2.24) is 5.32 Å². The van der Waals surface area contributed by atoms with Crippen molar-refractivity contribution in [1.29, 1.82) is 0 Å². The molecule has 15 heavy (non-hydrogen) atoms. The molecule has 0 radical (unpaired) electrons. The van der Waals surface area contributed by atoms with Crippen LogP contribution in [0, 0.1) is 11.8 Å². The summed E-state index contributed by atoms with van der Waals surface area (Å²) in [6.07, 6.45) is 0. The molecule has 80 valence electrons. The number of benzene rings is 1. The van der Waals surface area contributed by atoms with Crippen molar-refractivity contribution in [3.63, 3.8) is 0 Å². The summed E-state index contributed by atoms with van der Waals surface area (Å²) in [5, 5.41) is 12.7. The van der Waals surface area contributed by atoms with Crippen molar-refractivity contribution in [3.05, 3.63) is 35.9 Å². The number of nitrogens with one attached hydrogen (secondary N) is 1. The third-order valence-corrected chi connectivity index (χ3v) is 2.47. The van der Waals surface area contributed by atoms with Crippen molar-refractivity contribution >= 4 is 0 Å². The van der Waals surface area contributed by atoms with E-state index in [1.165, 1.54) is 0 Å². The van der Waals surface area contributed by atoms with Gasteiger partial charge in [0.25, 0.3) is 0 Å². The highest BCUT2D eigenvalue weighted by Gasteiger charge is 2.23. The van der Waals surface area contributed by atoms with Gasteiger partial charge in [-0.25, -0.2) is 0 Å². The van der Waals surface area contributed by atoms with Crippen molar-refractivity contribution < 1.29 is 5.11 Å². The van der Waals surface area contributed by atoms with E-state index in [0.717, 1.165) is 5.56 Å². The molecule has 2 N–H and O–H groups in total. The molecule has 0 aromatic heterocycles. The van der Waals surface area contributed by atoms with Crippen LogP contribution < -0.4 is 5.32 Å². The second kappa shape index (κ2) is 5.55. The molecule has 2 heteroatoms. The lowest BCUT2D eigenvalue weighted by molar-refractivity contribution is 0.180. The Hall–Kier alpha value is -1.30. The van der Waals surface area contributed by atoms with Crippen LogP contribution in [-0.2, 0) is 5.54 Å². The van der Waals surface area contributed by atoms with Crippen LogP contribution in [0.2, 0.25) is 0 Å². The summed E-state index contributed by atoms with van der Waals surface area (Å²) in [5.74, 6) is 5.76. The first-order valence-corrected chi connectivity index (χ1v) is 5.04. The summed E-state index contributed by atoms with van der Waals surface area (Å²) in [6.45, 7) is 4.42. The van der Waals surface area contributed by atoms with Gasteiger partial charge in [-0.05, 0) is 19.4 Å². The van der Waals surface area contributed by atoms with E-state index in [4.69, 9.17) is 0 Å². The van der Waals surface area contributed by atoms with Crippen molar-refractivity contribution in [2.24, 2.45) is 0 Å². The van der Waals surface area contributed by atoms with Gasteiger partial charge < -0.3 is 5.11 Å². The maximum absolute atomic E-state index is 9.43. The minimum Gasteiger partial charge on any atom is -0.394 e. The van der Waals surface area contributed by atoms with Crippen LogP contribution in [0.5, 0.6) is 0 Å². The molecule has 0 saturated heterocycles. The molecule has 1 rings (SSSR count). The lowest BCUT2D eigenvalue weighted by atomic mass is 9.93. The number of rotatable bonds is 4. The Morgan fingerprint density at radius 1 is 1.33 bits per heavy atom. The predicted octanol–water partition coefficient (Wildman–Crippen LogP) is 1.51. The molecule has 0 bridgehead atoms. The summed E-state index contributed by atoms with van der Waals surface area (Å²) in [5.41, 5.74) is 0.663. The smallest absolute Gasteiger partial charge is 0.0652 e. The molecule has 1 aromatic rings. The van der Waals surface area contributed by atoms with E-state index in [2.05, 4.69) is 17.2 Å². The van der Waals surface area contributed by atoms with Gasteiger partial charge in [-0.1, -0.05) is 36.3 Å². The van der Waals surface area contributed by atoms with Crippen LogP contribution in [0.3, 0.4) is 0 Å². The van der Waals surface area contributed by atoms with Crippen LogP contribution in [0.4, 0.5) is 0 Å². The molecule has 0 aliphatic heterocycles. The molecule has 0 aliphatic rings. The Morgan fingerprint density at radius 2 is 2.00 bits per heavy atom. The van der Waals surface area contributed by atoms with E-state index in [0.29, 0.717) is 6.54 Å². The van der Waals surface area contributed by atoms with Gasteiger partial charge in [0.05, 0.1) is 18.7 Å². The number of aliphatic hydroxyl groups is 1. The Balaban J connectivity index is 2.79. The van der Waals surface area contributed by atoms with Gasteiger partial charge in [0, 0.05) is 0 Å². The molecule has 1 atom stereocenters. The number of hydrogen-bond acceptors (Lipinski definition) is 2. The molecule has 2 nitrogen and oxygen atoms in total. The van der Waals surface area contributed by atoms with Crippen LogP contribution >= 0.6 is 0 Å². The maximum Gasteiger partial charge on any atom is 0.0652 e. The Kier molecular flexibility index (Phi) is 4.36. The van der Waals surface area contributed by atoms with Crippen LogP contribution in [0.25, 0.3) is 0 Å². The van der Waals surface area contributed by atoms with Gasteiger partial charge in [-0.2, -0.15) is 0 Å². The largest absolute Gasteiger partial charge is 0.394 e. The molecule has 0 aliphatic carbocycles. The summed E-state index contributed by atoms with van der Waals surface area (Å²) in [4.78, 5) is 0. The molecular formula is C13H17NO. The molecule has 0 amide bonds. The molecule has 1 aromatic carbocycles. The molecule has 0 fully saturated rings. The fraction of sp³-hybridized carbons (Fsp3) is 0.385. The van der Waals surface area contributed by atoms with E-state index in [9.17, 15) is 5.11 Å². The van der Waals surface area contributed by atoms with E-state index in [1.54, 1.807) is 6.92 Å². The second-order valence-corrected chi connectivity index (χ2v) is 3.64. The standard InChI is InChI=1S/C13H17NO/c1-3-4-10-14-13(2,11-15)12-8-6-5-7-9-12/h5-9,14-15H,10-11H2,1-2H3. The lowest BCUT2D eigenvalue weighted by Crippen LogP contribution is -2.43. The van der Waals surface area contributed by atoms with Gasteiger partial charge in [0.2, 0.25) is 0 Å². The van der Waals surface area contributed by atoms with Gasteiger partial charge in [0.1, 0.15) is 0 Å². The van der Waals surface area contributed by atoms with E-state index in [1.807, 2.05) is 37.3 Å². The van der Waals surface area contributed by atoms with Gasteiger partial charge in [0.15, 0.2) is 0 Å². The first-order valence-electron chi connectivity index (χ1n) is 5.04. The Labute approximate surface area is 91.3 Å². The monoisotopic (exact) mass is 203 g/mol. The van der Waals surface area contributed by atoms with Crippen molar-refractivity contribution in [2.45, 2.75) is 19.4 Å². The zero-order chi connectivity index (χ0) is 11.1. The van der Waals surface area contributed by atoms with Crippen LogP contribution in [0.15, 0.2) is 30.3 Å². The van der Waals surface area contributed by atoms with Crippen molar-refractivity contribution in [3.8, 4) is 11.8 Å². The van der Waals surface area contributed by atoms with Crippen molar-refractivity contribution in [2.75, 3.05) is 13.2 Å². The zero-order valence-electron chi connectivity index (χ0n) is 9.25. The maximum atomic E-state index is 9.43. The zero-order valence-corrected chi connectivity index (χ0v) is 9.25. The average Bonchev–Trinajstić information content (AvgIpc) is 2.30. The van der Waals surface area contributed by atoms with E-state index >= 15 is 0 Å². The fourth-order valence-corrected chi connectivity index (χ4v) is 1.38. The van der Waals surface area contributed by atoms with E-state index < -0.39 is 5.54 Å². The van der Waals surface area contributed by atoms with Crippen LogP contribution in [-0.4, -0.2) is 18.3 Å². The summed E-state index contributed by atoms with van der Waals surface area (Å²) in [7, 11) is 0. The second-order valence-electron chi connectivity index (χ2n) is 3.64. The van der Waals surface area contributed by atoms with Crippen LogP contribution in [0.1, 0.15) is 19.4 Å². The predicted molar refractivity (Wildman–Crippen MR) is 62.3 cm³/mol. The summed E-state index contributed by atoms with van der Waals surface area (Å²) in [6, 6.07) is 9.91. The van der Waals surface area contributed by atoms with E-state index in [-0.39, 0.29) is 6.61 Å². The summed E-state index contributed by atoms with van der Waals surface area (Å²) < 4.78 is 0. The third-order valence-electron chi connectivity index (χ3n) is 2.47. The quantitative estimate of drug-likeness (QED) is 0.727. The molecular weight excluding hydrogens is 186 g/mol. The first kappa shape index (κ1) is 11.8.